The summed E-state index contributed by atoms with van der Waals surface area (Å²) in [6.45, 7) is 0. The van der Waals surface area contributed by atoms with E-state index in [2.05, 4.69) is 26.6 Å². The van der Waals surface area contributed by atoms with E-state index in [9.17, 15) is 23.5 Å². The highest BCUT2D eigenvalue weighted by atomic mass is 79.9. The maximum absolute atomic E-state index is 13.7. The molecule has 2 fully saturated rings. The van der Waals surface area contributed by atoms with Crippen LogP contribution in [0.4, 0.5) is 25.8 Å². The topological polar surface area (TPSA) is 81.7 Å². The summed E-state index contributed by atoms with van der Waals surface area (Å²) in [6.07, 6.45) is 3.26. The van der Waals surface area contributed by atoms with Crippen molar-refractivity contribution in [1.29, 1.82) is 0 Å². The Labute approximate surface area is 193 Å². The minimum Gasteiger partial charge on any atom is -0.393 e. The number of carbonyl (C=O) groups excluding carboxylic acids is 2. The molecule has 2 aromatic rings. The Morgan fingerprint density at radius 3 is 2.47 bits per heavy atom. The average molecular weight is 508 g/mol. The molecule has 1 saturated carbocycles. The monoisotopic (exact) mass is 507 g/mol. The highest BCUT2D eigenvalue weighted by Crippen LogP contribution is 2.32. The summed E-state index contributed by atoms with van der Waals surface area (Å²) >= 11 is 3.42. The van der Waals surface area contributed by atoms with Crippen LogP contribution in [0.25, 0.3) is 0 Å². The van der Waals surface area contributed by atoms with E-state index in [4.69, 9.17) is 0 Å². The molecule has 3 N–H and O–H groups in total. The van der Waals surface area contributed by atoms with Crippen molar-refractivity contribution in [2.75, 3.05) is 15.5 Å². The Balaban J connectivity index is 1.53. The highest BCUT2D eigenvalue weighted by molar-refractivity contribution is 9.10. The molecule has 2 aromatic carbocycles. The molecule has 0 bridgehead atoms. The fraction of sp³-hybridized carbons (Fsp3) is 0.391. The number of anilines is 3. The highest BCUT2D eigenvalue weighted by Gasteiger charge is 2.37. The molecule has 32 heavy (non-hydrogen) atoms. The van der Waals surface area contributed by atoms with Gasteiger partial charge in [0, 0.05) is 28.7 Å². The first kappa shape index (κ1) is 22.7. The van der Waals surface area contributed by atoms with Gasteiger partial charge in [-0.1, -0.05) is 15.9 Å². The Kier molecular flexibility index (Phi) is 6.76. The van der Waals surface area contributed by atoms with Gasteiger partial charge in [0.15, 0.2) is 11.6 Å². The normalized spacial score (nSPS) is 23.3. The number of aliphatic hydroxyl groups is 1. The minimum atomic E-state index is -1.07. The molecule has 0 unspecified atom stereocenters. The van der Waals surface area contributed by atoms with Crippen molar-refractivity contribution in [2.24, 2.45) is 0 Å². The van der Waals surface area contributed by atoms with Crippen molar-refractivity contribution in [3.05, 3.63) is 52.5 Å². The van der Waals surface area contributed by atoms with Crippen LogP contribution in [0.15, 0.2) is 40.9 Å². The van der Waals surface area contributed by atoms with Crippen LogP contribution in [0.2, 0.25) is 0 Å². The first-order valence-electron chi connectivity index (χ1n) is 10.6. The second-order valence-corrected chi connectivity index (χ2v) is 9.16. The maximum Gasteiger partial charge on any atom is 0.247 e. The van der Waals surface area contributed by atoms with Crippen molar-refractivity contribution in [3.63, 3.8) is 0 Å². The molecule has 9 heteroatoms. The molecular formula is C23H24BrF2N3O3. The number of hydrogen-bond donors (Lipinski definition) is 3. The first-order valence-corrected chi connectivity index (χ1v) is 11.4. The summed E-state index contributed by atoms with van der Waals surface area (Å²) in [7, 11) is 0. The van der Waals surface area contributed by atoms with Gasteiger partial charge in [0.2, 0.25) is 11.8 Å². The van der Waals surface area contributed by atoms with Crippen LogP contribution in [-0.4, -0.2) is 35.1 Å². The minimum absolute atomic E-state index is 0.144. The molecule has 0 radical (unpaired) electrons. The van der Waals surface area contributed by atoms with E-state index in [-0.39, 0.29) is 36.6 Å². The predicted molar refractivity (Wildman–Crippen MR) is 122 cm³/mol. The molecule has 4 rings (SSSR count). The third kappa shape index (κ3) is 4.94. The SMILES string of the molecule is O=C(Nc1cc(Br)ccc1NC1CCC(O)CC1)[C@@H]1CCC(=O)N1c1ccc(F)c(F)c1. The van der Waals surface area contributed by atoms with Crippen LogP contribution in [0.3, 0.4) is 0 Å². The maximum atomic E-state index is 13.7. The lowest BCUT2D eigenvalue weighted by molar-refractivity contribution is -0.120. The summed E-state index contributed by atoms with van der Waals surface area (Å²) in [5.74, 6) is -2.80. The lowest BCUT2D eigenvalue weighted by Crippen LogP contribution is -2.42. The fourth-order valence-electron chi connectivity index (χ4n) is 4.29. The van der Waals surface area contributed by atoms with Gasteiger partial charge < -0.3 is 15.7 Å². The van der Waals surface area contributed by atoms with Crippen LogP contribution in [0.1, 0.15) is 38.5 Å². The molecule has 1 aliphatic carbocycles. The van der Waals surface area contributed by atoms with Gasteiger partial charge in [-0.2, -0.15) is 0 Å². The van der Waals surface area contributed by atoms with Crippen LogP contribution in [0, 0.1) is 11.6 Å². The predicted octanol–water partition coefficient (Wildman–Crippen LogP) is 4.58. The molecule has 1 atom stereocenters. The number of rotatable bonds is 5. The second kappa shape index (κ2) is 9.54. The molecule has 1 saturated heterocycles. The van der Waals surface area contributed by atoms with Crippen molar-refractivity contribution < 1.29 is 23.5 Å². The van der Waals surface area contributed by atoms with Gasteiger partial charge in [-0.05, 0) is 62.4 Å². The molecule has 1 heterocycles. The summed E-state index contributed by atoms with van der Waals surface area (Å²) < 4.78 is 27.9. The van der Waals surface area contributed by atoms with Gasteiger partial charge in [0.05, 0.1) is 17.5 Å². The molecule has 0 spiro atoms. The molecular weight excluding hydrogens is 484 g/mol. The van der Waals surface area contributed by atoms with Crippen molar-refractivity contribution in [3.8, 4) is 0 Å². The third-order valence-corrected chi connectivity index (χ3v) is 6.49. The second-order valence-electron chi connectivity index (χ2n) is 8.25. The smallest absolute Gasteiger partial charge is 0.247 e. The Morgan fingerprint density at radius 2 is 1.75 bits per heavy atom. The Hall–Kier alpha value is -2.52. The molecule has 1 aliphatic heterocycles. The van der Waals surface area contributed by atoms with Gasteiger partial charge in [0.1, 0.15) is 6.04 Å². The van der Waals surface area contributed by atoms with E-state index >= 15 is 0 Å². The Bertz CT molecular complexity index is 1030. The number of nitrogens with zero attached hydrogens (tertiary/aromatic N) is 1. The molecule has 0 aromatic heterocycles. The van der Waals surface area contributed by atoms with E-state index in [1.165, 1.54) is 11.0 Å². The number of hydrogen-bond acceptors (Lipinski definition) is 4. The largest absolute Gasteiger partial charge is 0.393 e. The van der Waals surface area contributed by atoms with Crippen molar-refractivity contribution in [2.45, 2.75) is 56.7 Å². The number of halogens is 3. The quantitative estimate of drug-likeness (QED) is 0.553. The van der Waals surface area contributed by atoms with E-state index in [0.717, 1.165) is 48.0 Å². The average Bonchev–Trinajstić information content (AvgIpc) is 3.15. The lowest BCUT2D eigenvalue weighted by Gasteiger charge is -2.28. The summed E-state index contributed by atoms with van der Waals surface area (Å²) in [4.78, 5) is 26.8. The Morgan fingerprint density at radius 1 is 1.00 bits per heavy atom. The fourth-order valence-corrected chi connectivity index (χ4v) is 4.65. The van der Waals surface area contributed by atoms with E-state index in [0.29, 0.717) is 5.69 Å². The number of carbonyl (C=O) groups is 2. The standard InChI is InChI=1S/C23H24BrF2N3O3/c24-13-1-8-19(27-14-2-5-16(30)6-3-14)20(11-13)28-23(32)21-9-10-22(31)29(21)15-4-7-17(25)18(26)12-15/h1,4,7-8,11-12,14,16,21,27,30H,2-3,5-6,9-10H2,(H,28,32)/t14?,16?,21-/m0/s1. The molecule has 6 nitrogen and oxygen atoms in total. The van der Waals surface area contributed by atoms with Gasteiger partial charge in [-0.3, -0.25) is 14.5 Å². The van der Waals surface area contributed by atoms with Crippen LogP contribution in [-0.2, 0) is 9.59 Å². The number of benzene rings is 2. The van der Waals surface area contributed by atoms with Gasteiger partial charge >= 0.3 is 0 Å². The molecule has 170 valence electrons. The van der Waals surface area contributed by atoms with E-state index in [1.54, 1.807) is 6.07 Å². The van der Waals surface area contributed by atoms with Crippen molar-refractivity contribution >= 4 is 44.8 Å². The number of nitrogens with one attached hydrogen (secondary N) is 2. The zero-order valence-electron chi connectivity index (χ0n) is 17.3. The zero-order chi connectivity index (χ0) is 22.8. The number of aliphatic hydroxyl groups excluding tert-OH is 1. The summed E-state index contributed by atoms with van der Waals surface area (Å²) in [5, 5.41) is 16.1. The third-order valence-electron chi connectivity index (χ3n) is 5.99. The van der Waals surface area contributed by atoms with Crippen LogP contribution >= 0.6 is 15.9 Å². The lowest BCUT2D eigenvalue weighted by atomic mass is 9.93. The van der Waals surface area contributed by atoms with Gasteiger partial charge in [0.25, 0.3) is 0 Å². The zero-order valence-corrected chi connectivity index (χ0v) is 18.9. The summed E-state index contributed by atoms with van der Waals surface area (Å²) in [6, 6.07) is 8.03. The van der Waals surface area contributed by atoms with E-state index in [1.807, 2.05) is 12.1 Å². The van der Waals surface area contributed by atoms with E-state index < -0.39 is 23.6 Å². The number of amides is 2. The molecule has 2 amide bonds. The van der Waals surface area contributed by atoms with Crippen molar-refractivity contribution in [1.82, 2.24) is 0 Å². The van der Waals surface area contributed by atoms with Crippen LogP contribution < -0.4 is 15.5 Å². The molecule has 2 aliphatic rings. The summed E-state index contributed by atoms with van der Waals surface area (Å²) in [5.41, 5.74) is 1.45. The first-order chi connectivity index (χ1) is 15.3. The van der Waals surface area contributed by atoms with Crippen LogP contribution in [0.5, 0.6) is 0 Å². The van der Waals surface area contributed by atoms with Gasteiger partial charge in [-0.25, -0.2) is 8.78 Å². The van der Waals surface area contributed by atoms with Gasteiger partial charge in [-0.15, -0.1) is 0 Å².